The molecule has 1 unspecified atom stereocenters. The quantitative estimate of drug-likeness (QED) is 0.687. The number of aryl methyl sites for hydroxylation is 1. The molecule has 152 valence electrons. The molecular formula is C20H27N3O3S2. The molecule has 2 heterocycles. The number of carbonyl (C=O) groups excluding carboxylic acids is 2. The zero-order valence-electron chi connectivity index (χ0n) is 16.8. The number of fused-ring (bicyclic) bond motifs is 1. The van der Waals surface area contributed by atoms with E-state index in [1.165, 1.54) is 16.2 Å². The Morgan fingerprint density at radius 1 is 1.39 bits per heavy atom. The molecule has 0 aromatic carbocycles. The topological polar surface area (TPSA) is 71.5 Å². The van der Waals surface area contributed by atoms with E-state index in [0.717, 1.165) is 34.7 Å². The number of thiazole rings is 1. The Bertz CT molecular complexity index is 859. The molecule has 0 bridgehead atoms. The van der Waals surface area contributed by atoms with Crippen LogP contribution in [0, 0.1) is 12.8 Å². The van der Waals surface area contributed by atoms with Gasteiger partial charge in [0.05, 0.1) is 23.7 Å². The summed E-state index contributed by atoms with van der Waals surface area (Å²) < 4.78 is 5.26. The van der Waals surface area contributed by atoms with Gasteiger partial charge < -0.3 is 10.1 Å². The molecular weight excluding hydrogens is 394 g/mol. The van der Waals surface area contributed by atoms with Gasteiger partial charge in [-0.1, -0.05) is 6.92 Å². The lowest BCUT2D eigenvalue weighted by atomic mass is 9.88. The standard InChI is InChI=1S/C20H27N3O3S2/c1-5-26-20(25)18-15-7-6-12(2)8-16(15)28-19(18)22-17(24)11-23(4)10-14-9-21-13(3)27-14/h9,12H,5-8,10-11H2,1-4H3,(H,22,24). The van der Waals surface area contributed by atoms with E-state index in [9.17, 15) is 9.59 Å². The molecule has 0 fully saturated rings. The number of thiophene rings is 1. The summed E-state index contributed by atoms with van der Waals surface area (Å²) >= 11 is 3.16. The number of esters is 1. The third-order valence-corrected chi connectivity index (χ3v) is 6.82. The van der Waals surface area contributed by atoms with Gasteiger partial charge >= 0.3 is 5.97 Å². The van der Waals surface area contributed by atoms with Gasteiger partial charge in [-0.05, 0) is 51.6 Å². The van der Waals surface area contributed by atoms with E-state index < -0.39 is 0 Å². The van der Waals surface area contributed by atoms with Crippen LogP contribution in [-0.4, -0.2) is 42.0 Å². The van der Waals surface area contributed by atoms with Gasteiger partial charge in [-0.2, -0.15) is 0 Å². The lowest BCUT2D eigenvalue weighted by Gasteiger charge is -2.18. The number of hydrogen-bond donors (Lipinski definition) is 1. The average Bonchev–Trinajstić information content (AvgIpc) is 3.17. The monoisotopic (exact) mass is 421 g/mol. The molecule has 1 atom stereocenters. The summed E-state index contributed by atoms with van der Waals surface area (Å²) in [6.07, 6.45) is 4.72. The number of anilines is 1. The molecule has 1 amide bonds. The number of nitrogens with zero attached hydrogens (tertiary/aromatic N) is 2. The molecule has 2 aromatic rings. The summed E-state index contributed by atoms with van der Waals surface area (Å²) in [6.45, 7) is 7.23. The first-order chi connectivity index (χ1) is 13.4. The van der Waals surface area contributed by atoms with Crippen LogP contribution in [0.15, 0.2) is 6.20 Å². The normalized spacial score (nSPS) is 16.1. The Labute approximate surface area is 173 Å². The van der Waals surface area contributed by atoms with E-state index in [0.29, 0.717) is 29.6 Å². The Kier molecular flexibility index (Phi) is 6.85. The van der Waals surface area contributed by atoms with E-state index in [4.69, 9.17) is 4.74 Å². The lowest BCUT2D eigenvalue weighted by Crippen LogP contribution is -2.29. The molecule has 8 heteroatoms. The average molecular weight is 422 g/mol. The van der Waals surface area contributed by atoms with Crippen LogP contribution < -0.4 is 5.32 Å². The van der Waals surface area contributed by atoms with Crippen LogP contribution >= 0.6 is 22.7 Å². The van der Waals surface area contributed by atoms with E-state index in [1.807, 2.05) is 25.1 Å². The zero-order valence-corrected chi connectivity index (χ0v) is 18.5. The third kappa shape index (κ3) is 4.98. The predicted molar refractivity (Wildman–Crippen MR) is 113 cm³/mol. The summed E-state index contributed by atoms with van der Waals surface area (Å²) in [4.78, 5) is 33.7. The highest BCUT2D eigenvalue weighted by Gasteiger charge is 2.29. The van der Waals surface area contributed by atoms with Crippen LogP contribution in [-0.2, 0) is 28.9 Å². The number of rotatable bonds is 7. The van der Waals surface area contributed by atoms with Crippen molar-refractivity contribution in [3.63, 3.8) is 0 Å². The van der Waals surface area contributed by atoms with E-state index >= 15 is 0 Å². The first kappa shape index (κ1) is 21.0. The lowest BCUT2D eigenvalue weighted by molar-refractivity contribution is -0.117. The largest absolute Gasteiger partial charge is 0.462 e. The number of aromatic nitrogens is 1. The molecule has 1 aliphatic rings. The van der Waals surface area contributed by atoms with Gasteiger partial charge in [-0.15, -0.1) is 22.7 Å². The van der Waals surface area contributed by atoms with Crippen LogP contribution in [0.1, 0.15) is 51.0 Å². The van der Waals surface area contributed by atoms with Crippen molar-refractivity contribution in [1.82, 2.24) is 9.88 Å². The number of hydrogen-bond acceptors (Lipinski definition) is 7. The van der Waals surface area contributed by atoms with Crippen molar-refractivity contribution in [1.29, 1.82) is 0 Å². The summed E-state index contributed by atoms with van der Waals surface area (Å²) in [6, 6.07) is 0. The minimum absolute atomic E-state index is 0.124. The zero-order chi connectivity index (χ0) is 20.3. The summed E-state index contributed by atoms with van der Waals surface area (Å²) in [7, 11) is 1.90. The highest BCUT2D eigenvalue weighted by Crippen LogP contribution is 2.40. The summed E-state index contributed by atoms with van der Waals surface area (Å²) in [5.41, 5.74) is 1.62. The van der Waals surface area contributed by atoms with Crippen LogP contribution in [0.25, 0.3) is 0 Å². The van der Waals surface area contributed by atoms with Crippen LogP contribution in [0.3, 0.4) is 0 Å². The van der Waals surface area contributed by atoms with Crippen molar-refractivity contribution in [2.24, 2.45) is 5.92 Å². The second-order valence-electron chi connectivity index (χ2n) is 7.34. The number of carbonyl (C=O) groups is 2. The smallest absolute Gasteiger partial charge is 0.341 e. The van der Waals surface area contributed by atoms with Gasteiger partial charge in [-0.25, -0.2) is 9.78 Å². The minimum atomic E-state index is -0.335. The fourth-order valence-electron chi connectivity index (χ4n) is 3.47. The maximum Gasteiger partial charge on any atom is 0.341 e. The molecule has 28 heavy (non-hydrogen) atoms. The number of nitrogens with one attached hydrogen (secondary N) is 1. The Morgan fingerprint density at radius 3 is 2.86 bits per heavy atom. The van der Waals surface area contributed by atoms with Gasteiger partial charge in [0, 0.05) is 22.5 Å². The molecule has 1 N–H and O–H groups in total. The second kappa shape index (κ2) is 9.15. The van der Waals surface area contributed by atoms with Crippen molar-refractivity contribution in [2.45, 2.75) is 46.6 Å². The first-order valence-corrected chi connectivity index (χ1v) is 11.2. The van der Waals surface area contributed by atoms with Gasteiger partial charge in [-0.3, -0.25) is 9.69 Å². The SMILES string of the molecule is CCOC(=O)c1c(NC(=O)CN(C)Cc2cnc(C)s2)sc2c1CCC(C)C2. The molecule has 2 aromatic heterocycles. The van der Waals surface area contributed by atoms with Crippen molar-refractivity contribution < 1.29 is 14.3 Å². The van der Waals surface area contributed by atoms with Crippen LogP contribution in [0.2, 0.25) is 0 Å². The fourth-order valence-corrected chi connectivity index (χ4v) is 5.76. The molecule has 0 radical (unpaired) electrons. The maximum absolute atomic E-state index is 12.6. The second-order valence-corrected chi connectivity index (χ2v) is 9.77. The summed E-state index contributed by atoms with van der Waals surface area (Å²) in [5.74, 6) is 0.137. The van der Waals surface area contributed by atoms with Crippen molar-refractivity contribution in [3.8, 4) is 0 Å². The number of ether oxygens (including phenoxy) is 1. The van der Waals surface area contributed by atoms with Gasteiger partial charge in [0.2, 0.25) is 5.91 Å². The fraction of sp³-hybridized carbons (Fsp3) is 0.550. The molecule has 0 spiro atoms. The number of amides is 1. The first-order valence-electron chi connectivity index (χ1n) is 9.58. The summed E-state index contributed by atoms with van der Waals surface area (Å²) in [5, 5.41) is 4.62. The highest BCUT2D eigenvalue weighted by molar-refractivity contribution is 7.17. The molecule has 1 aliphatic carbocycles. The van der Waals surface area contributed by atoms with Crippen LogP contribution in [0.5, 0.6) is 0 Å². The predicted octanol–water partition coefficient (Wildman–Crippen LogP) is 3.89. The van der Waals surface area contributed by atoms with Gasteiger partial charge in [0.15, 0.2) is 0 Å². The Morgan fingerprint density at radius 2 is 2.18 bits per heavy atom. The minimum Gasteiger partial charge on any atom is -0.462 e. The van der Waals surface area contributed by atoms with E-state index in [-0.39, 0.29) is 18.4 Å². The van der Waals surface area contributed by atoms with E-state index in [2.05, 4.69) is 17.2 Å². The van der Waals surface area contributed by atoms with Crippen molar-refractivity contribution in [3.05, 3.63) is 32.1 Å². The third-order valence-electron chi connectivity index (χ3n) is 4.75. The highest BCUT2D eigenvalue weighted by atomic mass is 32.1. The molecule has 0 saturated heterocycles. The van der Waals surface area contributed by atoms with Gasteiger partial charge in [0.25, 0.3) is 0 Å². The molecule has 6 nitrogen and oxygen atoms in total. The van der Waals surface area contributed by atoms with Gasteiger partial charge in [0.1, 0.15) is 5.00 Å². The Hall–Kier alpha value is -1.77. The molecule has 0 aliphatic heterocycles. The van der Waals surface area contributed by atoms with E-state index in [1.54, 1.807) is 18.3 Å². The van der Waals surface area contributed by atoms with Crippen molar-refractivity contribution >= 4 is 39.6 Å². The van der Waals surface area contributed by atoms with Crippen molar-refractivity contribution in [2.75, 3.05) is 25.5 Å². The Balaban J connectivity index is 1.71. The number of likely N-dealkylation sites (N-methyl/N-ethyl adjacent to an activating group) is 1. The molecule has 3 rings (SSSR count). The maximum atomic E-state index is 12.6. The van der Waals surface area contributed by atoms with Crippen LogP contribution in [0.4, 0.5) is 5.00 Å². The molecule has 0 saturated carbocycles.